The SMILES string of the molecule is CCC(C)c1cc(-c2nc3sccn3c2C=O)ccc1OCc1ccccc1. The summed E-state index contributed by atoms with van der Waals surface area (Å²) in [4.78, 5) is 17.2. The summed E-state index contributed by atoms with van der Waals surface area (Å²) in [5, 5.41) is 1.93. The Labute approximate surface area is 168 Å². The Balaban J connectivity index is 1.71. The van der Waals surface area contributed by atoms with Crippen molar-refractivity contribution in [2.75, 3.05) is 0 Å². The maximum Gasteiger partial charge on any atom is 0.194 e. The molecule has 5 heteroatoms. The molecular formula is C23H22N2O2S. The Morgan fingerprint density at radius 1 is 1.21 bits per heavy atom. The van der Waals surface area contributed by atoms with Gasteiger partial charge in [-0.25, -0.2) is 4.98 Å². The van der Waals surface area contributed by atoms with E-state index in [1.165, 1.54) is 11.3 Å². The molecule has 1 atom stereocenters. The number of carbonyl (C=O) groups is 1. The van der Waals surface area contributed by atoms with E-state index in [9.17, 15) is 4.79 Å². The highest BCUT2D eigenvalue weighted by Gasteiger charge is 2.18. The van der Waals surface area contributed by atoms with Crippen LogP contribution in [0.3, 0.4) is 0 Å². The van der Waals surface area contributed by atoms with Gasteiger partial charge in [-0.05, 0) is 41.7 Å². The number of hydrogen-bond donors (Lipinski definition) is 0. The summed E-state index contributed by atoms with van der Waals surface area (Å²) in [5.74, 6) is 1.23. The lowest BCUT2D eigenvalue weighted by Gasteiger charge is -2.17. The minimum absolute atomic E-state index is 0.342. The largest absolute Gasteiger partial charge is 0.489 e. The quantitative estimate of drug-likeness (QED) is 0.365. The number of aromatic nitrogens is 2. The van der Waals surface area contributed by atoms with Gasteiger partial charge in [-0.2, -0.15) is 0 Å². The third-order valence-corrected chi connectivity index (χ3v) is 5.83. The number of rotatable bonds is 7. The van der Waals surface area contributed by atoms with E-state index in [0.29, 0.717) is 18.2 Å². The fraction of sp³-hybridized carbons (Fsp3) is 0.217. The average molecular weight is 391 g/mol. The first-order valence-corrected chi connectivity index (χ1v) is 10.3. The summed E-state index contributed by atoms with van der Waals surface area (Å²) >= 11 is 1.52. The first-order chi connectivity index (χ1) is 13.7. The predicted molar refractivity (Wildman–Crippen MR) is 113 cm³/mol. The summed E-state index contributed by atoms with van der Waals surface area (Å²) in [5.41, 5.74) is 4.54. The second-order valence-corrected chi connectivity index (χ2v) is 7.73. The lowest BCUT2D eigenvalue weighted by atomic mass is 9.94. The summed E-state index contributed by atoms with van der Waals surface area (Å²) in [6.45, 7) is 4.89. The van der Waals surface area contributed by atoms with E-state index < -0.39 is 0 Å². The third kappa shape index (κ3) is 3.45. The van der Waals surface area contributed by atoms with Gasteiger partial charge in [-0.3, -0.25) is 9.20 Å². The van der Waals surface area contributed by atoms with Crippen LogP contribution in [-0.2, 0) is 6.61 Å². The minimum Gasteiger partial charge on any atom is -0.489 e. The molecule has 2 aromatic carbocycles. The molecule has 0 radical (unpaired) electrons. The zero-order valence-corrected chi connectivity index (χ0v) is 16.8. The molecule has 0 saturated carbocycles. The average Bonchev–Trinajstić information content (AvgIpc) is 3.33. The maximum absolute atomic E-state index is 11.7. The normalized spacial score (nSPS) is 12.2. The van der Waals surface area contributed by atoms with Crippen molar-refractivity contribution in [2.45, 2.75) is 32.8 Å². The van der Waals surface area contributed by atoms with Gasteiger partial charge < -0.3 is 4.74 Å². The fourth-order valence-corrected chi connectivity index (χ4v) is 4.02. The molecule has 0 aliphatic carbocycles. The summed E-state index contributed by atoms with van der Waals surface area (Å²) in [6.07, 6.45) is 3.77. The molecule has 2 aromatic heterocycles. The van der Waals surface area contributed by atoms with Gasteiger partial charge in [0.2, 0.25) is 0 Å². The van der Waals surface area contributed by atoms with Crippen LogP contribution < -0.4 is 4.74 Å². The molecule has 0 fully saturated rings. The number of nitrogens with zero attached hydrogens (tertiary/aromatic N) is 2. The smallest absolute Gasteiger partial charge is 0.194 e. The van der Waals surface area contributed by atoms with Crippen LogP contribution in [0.25, 0.3) is 16.2 Å². The first-order valence-electron chi connectivity index (χ1n) is 9.43. The van der Waals surface area contributed by atoms with E-state index >= 15 is 0 Å². The second kappa shape index (κ2) is 7.98. The topological polar surface area (TPSA) is 43.6 Å². The van der Waals surface area contributed by atoms with Crippen LogP contribution in [0, 0.1) is 0 Å². The zero-order chi connectivity index (χ0) is 19.5. The van der Waals surface area contributed by atoms with Gasteiger partial charge in [-0.15, -0.1) is 11.3 Å². The van der Waals surface area contributed by atoms with Crippen molar-refractivity contribution >= 4 is 22.6 Å². The predicted octanol–water partition coefficient (Wildman–Crippen LogP) is 5.97. The number of carbonyl (C=O) groups excluding carboxylic acids is 1. The van der Waals surface area contributed by atoms with Gasteiger partial charge in [0.05, 0.1) is 0 Å². The lowest BCUT2D eigenvalue weighted by molar-refractivity contribution is 0.111. The molecule has 0 N–H and O–H groups in total. The number of ether oxygens (including phenoxy) is 1. The van der Waals surface area contributed by atoms with Crippen molar-refractivity contribution in [3.8, 4) is 17.0 Å². The van der Waals surface area contributed by atoms with E-state index in [2.05, 4.69) is 37.0 Å². The molecule has 0 saturated heterocycles. The van der Waals surface area contributed by atoms with Crippen molar-refractivity contribution in [3.63, 3.8) is 0 Å². The highest BCUT2D eigenvalue weighted by atomic mass is 32.1. The molecule has 0 spiro atoms. The summed E-state index contributed by atoms with van der Waals surface area (Å²) in [6, 6.07) is 16.3. The molecule has 2 heterocycles. The van der Waals surface area contributed by atoms with Gasteiger partial charge in [-0.1, -0.05) is 44.2 Å². The fourth-order valence-electron chi connectivity index (χ4n) is 3.30. The highest BCUT2D eigenvalue weighted by molar-refractivity contribution is 7.15. The van der Waals surface area contributed by atoms with Crippen LogP contribution in [0.4, 0.5) is 0 Å². The molecule has 4 nitrogen and oxygen atoms in total. The van der Waals surface area contributed by atoms with Crippen LogP contribution >= 0.6 is 11.3 Å². The van der Waals surface area contributed by atoms with E-state index in [4.69, 9.17) is 4.74 Å². The number of thiazole rings is 1. The Morgan fingerprint density at radius 2 is 2.04 bits per heavy atom. The Bertz CT molecular complexity index is 1100. The standard InChI is InChI=1S/C23H22N2O2S/c1-3-16(2)19-13-18(22-20(14-26)25-11-12-28-23(25)24-22)9-10-21(19)27-15-17-7-5-4-6-8-17/h4-14,16H,3,15H2,1-2H3. The Morgan fingerprint density at radius 3 is 2.79 bits per heavy atom. The Kier molecular flexibility index (Phi) is 5.26. The minimum atomic E-state index is 0.342. The van der Waals surface area contributed by atoms with Crippen LogP contribution in [0.2, 0.25) is 0 Å². The van der Waals surface area contributed by atoms with Crippen molar-refractivity contribution < 1.29 is 9.53 Å². The van der Waals surface area contributed by atoms with E-state index in [-0.39, 0.29) is 0 Å². The monoisotopic (exact) mass is 390 g/mol. The van der Waals surface area contributed by atoms with Crippen molar-refractivity contribution in [2.24, 2.45) is 0 Å². The Hall–Kier alpha value is -2.92. The van der Waals surface area contributed by atoms with Gasteiger partial charge >= 0.3 is 0 Å². The molecule has 0 aliphatic rings. The van der Waals surface area contributed by atoms with Crippen LogP contribution in [0.5, 0.6) is 5.75 Å². The maximum atomic E-state index is 11.7. The van der Waals surface area contributed by atoms with Gasteiger partial charge in [0, 0.05) is 17.1 Å². The first kappa shape index (κ1) is 18.4. The van der Waals surface area contributed by atoms with Gasteiger partial charge in [0.1, 0.15) is 23.7 Å². The number of imidazole rings is 1. The molecule has 0 amide bonds. The molecule has 28 heavy (non-hydrogen) atoms. The van der Waals surface area contributed by atoms with Crippen LogP contribution in [0.1, 0.15) is 47.8 Å². The van der Waals surface area contributed by atoms with Gasteiger partial charge in [0.15, 0.2) is 11.2 Å². The number of hydrogen-bond acceptors (Lipinski definition) is 4. The zero-order valence-electron chi connectivity index (χ0n) is 16.0. The molecule has 0 aliphatic heterocycles. The number of aldehydes is 1. The van der Waals surface area contributed by atoms with Crippen molar-refractivity contribution in [1.82, 2.24) is 9.38 Å². The molecule has 0 bridgehead atoms. The highest BCUT2D eigenvalue weighted by Crippen LogP contribution is 2.35. The lowest BCUT2D eigenvalue weighted by Crippen LogP contribution is -2.02. The van der Waals surface area contributed by atoms with E-state index in [0.717, 1.165) is 45.8 Å². The number of fused-ring (bicyclic) bond motifs is 1. The van der Waals surface area contributed by atoms with Crippen molar-refractivity contribution in [1.29, 1.82) is 0 Å². The molecule has 4 rings (SSSR count). The van der Waals surface area contributed by atoms with Crippen molar-refractivity contribution in [3.05, 3.63) is 76.9 Å². The second-order valence-electron chi connectivity index (χ2n) is 6.86. The molecule has 1 unspecified atom stereocenters. The third-order valence-electron chi connectivity index (χ3n) is 5.07. The molecule has 4 aromatic rings. The van der Waals surface area contributed by atoms with Crippen LogP contribution in [0.15, 0.2) is 60.1 Å². The number of benzene rings is 2. The molecular weight excluding hydrogens is 368 g/mol. The summed E-state index contributed by atoms with van der Waals surface area (Å²) < 4.78 is 7.99. The molecule has 142 valence electrons. The van der Waals surface area contributed by atoms with Gasteiger partial charge in [0.25, 0.3) is 0 Å². The van der Waals surface area contributed by atoms with E-state index in [1.807, 2.05) is 46.3 Å². The summed E-state index contributed by atoms with van der Waals surface area (Å²) in [7, 11) is 0. The van der Waals surface area contributed by atoms with Crippen LogP contribution in [-0.4, -0.2) is 15.7 Å². The van der Waals surface area contributed by atoms with E-state index in [1.54, 1.807) is 0 Å².